The van der Waals surface area contributed by atoms with Crippen LogP contribution >= 0.6 is 15.9 Å². The number of aromatic nitrogens is 1. The second kappa shape index (κ2) is 5.36. The van der Waals surface area contributed by atoms with Gasteiger partial charge in [0, 0.05) is 12.7 Å². The second-order valence-corrected chi connectivity index (χ2v) is 7.30. The molecule has 0 saturated carbocycles. The van der Waals surface area contributed by atoms with E-state index in [9.17, 15) is 13.2 Å². The van der Waals surface area contributed by atoms with Crippen molar-refractivity contribution in [2.24, 2.45) is 5.92 Å². The van der Waals surface area contributed by atoms with Crippen molar-refractivity contribution in [3.05, 3.63) is 28.5 Å². The lowest BCUT2D eigenvalue weighted by atomic mass is 10.1. The summed E-state index contributed by atoms with van der Waals surface area (Å²) in [4.78, 5) is 15.8. The van der Waals surface area contributed by atoms with Crippen LogP contribution < -0.4 is 5.32 Å². The maximum absolute atomic E-state index is 11.9. The number of rotatable bonds is 3. The van der Waals surface area contributed by atoms with Crippen molar-refractivity contribution in [3.8, 4) is 0 Å². The lowest BCUT2D eigenvalue weighted by Crippen LogP contribution is -2.30. The van der Waals surface area contributed by atoms with Crippen LogP contribution in [0.1, 0.15) is 16.8 Å². The van der Waals surface area contributed by atoms with Gasteiger partial charge in [-0.2, -0.15) is 0 Å². The Morgan fingerprint density at radius 1 is 1.56 bits per heavy atom. The van der Waals surface area contributed by atoms with Crippen LogP contribution in [0.25, 0.3) is 0 Å². The summed E-state index contributed by atoms with van der Waals surface area (Å²) in [5.74, 6) is 0.180. The molecule has 2 heterocycles. The highest BCUT2D eigenvalue weighted by atomic mass is 79.9. The average molecular weight is 333 g/mol. The van der Waals surface area contributed by atoms with Crippen LogP contribution in [0.5, 0.6) is 0 Å². The van der Waals surface area contributed by atoms with Gasteiger partial charge in [-0.15, -0.1) is 0 Å². The highest BCUT2D eigenvalue weighted by molar-refractivity contribution is 9.10. The first-order valence-corrected chi connectivity index (χ1v) is 8.18. The van der Waals surface area contributed by atoms with Gasteiger partial charge in [-0.1, -0.05) is 0 Å². The first kappa shape index (κ1) is 13.5. The Bertz CT molecular complexity index is 559. The summed E-state index contributed by atoms with van der Waals surface area (Å²) in [7, 11) is -2.89. The zero-order valence-electron chi connectivity index (χ0n) is 9.60. The van der Waals surface area contributed by atoms with Gasteiger partial charge in [0.1, 0.15) is 4.60 Å². The molecule has 0 aromatic carbocycles. The highest BCUT2D eigenvalue weighted by Crippen LogP contribution is 2.18. The molecule has 5 nitrogen and oxygen atoms in total. The van der Waals surface area contributed by atoms with Gasteiger partial charge in [0.15, 0.2) is 9.84 Å². The largest absolute Gasteiger partial charge is 0.352 e. The fraction of sp³-hybridized carbons (Fsp3) is 0.455. The molecule has 2 rings (SSSR count). The smallest absolute Gasteiger partial charge is 0.254 e. The maximum atomic E-state index is 11.9. The van der Waals surface area contributed by atoms with Crippen LogP contribution in [0.4, 0.5) is 0 Å². The molecule has 1 fully saturated rings. The van der Waals surface area contributed by atoms with Crippen LogP contribution in [0.2, 0.25) is 0 Å². The number of sulfone groups is 1. The molecule has 0 radical (unpaired) electrons. The van der Waals surface area contributed by atoms with Crippen molar-refractivity contribution >= 4 is 31.7 Å². The Morgan fingerprint density at radius 3 is 2.94 bits per heavy atom. The molecule has 0 aliphatic carbocycles. The Labute approximate surface area is 114 Å². The fourth-order valence-electron chi connectivity index (χ4n) is 1.92. The van der Waals surface area contributed by atoms with E-state index in [2.05, 4.69) is 26.2 Å². The van der Waals surface area contributed by atoms with Crippen LogP contribution in [0, 0.1) is 5.92 Å². The number of nitrogens with one attached hydrogen (secondary N) is 1. The van der Waals surface area contributed by atoms with E-state index in [0.717, 1.165) is 0 Å². The van der Waals surface area contributed by atoms with E-state index in [1.165, 1.54) is 0 Å². The number of pyridine rings is 1. The number of amides is 1. The van der Waals surface area contributed by atoms with E-state index >= 15 is 0 Å². The summed E-state index contributed by atoms with van der Waals surface area (Å²) < 4.78 is 23.0. The van der Waals surface area contributed by atoms with Crippen molar-refractivity contribution in [3.63, 3.8) is 0 Å². The molecule has 0 spiro atoms. The van der Waals surface area contributed by atoms with Crippen LogP contribution in [-0.2, 0) is 9.84 Å². The summed E-state index contributed by atoms with van der Waals surface area (Å²) in [6.07, 6.45) is 2.21. The van der Waals surface area contributed by atoms with Crippen LogP contribution in [0.3, 0.4) is 0 Å². The average Bonchev–Trinajstić information content (AvgIpc) is 2.66. The normalized spacial score (nSPS) is 21.7. The fourth-order valence-corrected chi connectivity index (χ4v) is 4.21. The number of hydrogen-bond donors (Lipinski definition) is 1. The monoisotopic (exact) mass is 332 g/mol. The predicted molar refractivity (Wildman–Crippen MR) is 71.0 cm³/mol. The molecule has 7 heteroatoms. The third-order valence-corrected chi connectivity index (χ3v) is 5.35. The lowest BCUT2D eigenvalue weighted by Gasteiger charge is -2.10. The first-order valence-electron chi connectivity index (χ1n) is 5.57. The number of hydrogen-bond acceptors (Lipinski definition) is 4. The van der Waals surface area contributed by atoms with Crippen LogP contribution in [0.15, 0.2) is 22.9 Å². The molecule has 1 amide bonds. The predicted octanol–water partition coefficient (Wildman–Crippen LogP) is 1.01. The molecule has 1 N–H and O–H groups in total. The molecule has 1 saturated heterocycles. The van der Waals surface area contributed by atoms with Crippen molar-refractivity contribution in [1.82, 2.24) is 10.3 Å². The van der Waals surface area contributed by atoms with E-state index < -0.39 is 9.84 Å². The van der Waals surface area contributed by atoms with Gasteiger partial charge >= 0.3 is 0 Å². The first-order chi connectivity index (χ1) is 8.48. The SMILES string of the molecule is O=C(NCC1CCS(=O)(=O)C1)c1cccnc1Br. The minimum absolute atomic E-state index is 0.0226. The third kappa shape index (κ3) is 3.29. The summed E-state index contributed by atoms with van der Waals surface area (Å²) in [5.41, 5.74) is 0.457. The maximum Gasteiger partial charge on any atom is 0.254 e. The number of halogens is 1. The van der Waals surface area contributed by atoms with Gasteiger partial charge in [-0.3, -0.25) is 4.79 Å². The number of carbonyl (C=O) groups excluding carboxylic acids is 1. The van der Waals surface area contributed by atoms with E-state index in [-0.39, 0.29) is 23.3 Å². The molecule has 18 heavy (non-hydrogen) atoms. The van der Waals surface area contributed by atoms with E-state index in [4.69, 9.17) is 0 Å². The summed E-state index contributed by atoms with van der Waals surface area (Å²) in [6, 6.07) is 3.34. The van der Waals surface area contributed by atoms with Crippen LogP contribution in [-0.4, -0.2) is 37.4 Å². The number of nitrogens with zero attached hydrogens (tertiary/aromatic N) is 1. The molecule has 1 aliphatic rings. The molecule has 1 unspecified atom stereocenters. The Balaban J connectivity index is 1.92. The minimum Gasteiger partial charge on any atom is -0.352 e. The molecule has 1 aromatic heterocycles. The van der Waals surface area contributed by atoms with Gasteiger partial charge in [-0.25, -0.2) is 13.4 Å². The van der Waals surface area contributed by atoms with Gasteiger partial charge < -0.3 is 5.32 Å². The van der Waals surface area contributed by atoms with Gasteiger partial charge in [0.05, 0.1) is 17.1 Å². The molecular formula is C11H13BrN2O3S. The zero-order chi connectivity index (χ0) is 13.2. The Hall–Kier alpha value is -0.950. The van der Waals surface area contributed by atoms with E-state index in [0.29, 0.717) is 23.1 Å². The van der Waals surface area contributed by atoms with Crippen molar-refractivity contribution in [1.29, 1.82) is 0 Å². The van der Waals surface area contributed by atoms with E-state index in [1.54, 1.807) is 18.3 Å². The van der Waals surface area contributed by atoms with Crippen molar-refractivity contribution in [2.75, 3.05) is 18.1 Å². The third-order valence-electron chi connectivity index (χ3n) is 2.88. The quantitative estimate of drug-likeness (QED) is 0.838. The second-order valence-electron chi connectivity index (χ2n) is 4.32. The molecule has 1 aliphatic heterocycles. The summed E-state index contributed by atoms with van der Waals surface area (Å²) in [5, 5.41) is 2.75. The highest BCUT2D eigenvalue weighted by Gasteiger charge is 2.28. The van der Waals surface area contributed by atoms with Gasteiger partial charge in [-0.05, 0) is 40.4 Å². The van der Waals surface area contributed by atoms with Crippen molar-refractivity contribution < 1.29 is 13.2 Å². The van der Waals surface area contributed by atoms with Crippen molar-refractivity contribution in [2.45, 2.75) is 6.42 Å². The minimum atomic E-state index is -2.89. The standard InChI is InChI=1S/C11H13BrN2O3S/c12-10-9(2-1-4-13-10)11(15)14-6-8-3-5-18(16,17)7-8/h1-2,4,8H,3,5-7H2,(H,14,15). The van der Waals surface area contributed by atoms with Gasteiger partial charge in [0.25, 0.3) is 5.91 Å². The van der Waals surface area contributed by atoms with Gasteiger partial charge in [0.2, 0.25) is 0 Å². The topological polar surface area (TPSA) is 76.1 Å². The number of carbonyl (C=O) groups is 1. The molecule has 1 atom stereocenters. The molecule has 0 bridgehead atoms. The van der Waals surface area contributed by atoms with E-state index in [1.807, 2.05) is 0 Å². The zero-order valence-corrected chi connectivity index (χ0v) is 12.0. The summed E-state index contributed by atoms with van der Waals surface area (Å²) in [6.45, 7) is 0.388. The molecular weight excluding hydrogens is 320 g/mol. The lowest BCUT2D eigenvalue weighted by molar-refractivity contribution is 0.0947. The molecule has 98 valence electrons. The Morgan fingerprint density at radius 2 is 2.33 bits per heavy atom. The Kier molecular flexibility index (Phi) is 4.01. The molecule has 1 aromatic rings. The summed E-state index contributed by atoms with van der Waals surface area (Å²) >= 11 is 3.20.